The lowest BCUT2D eigenvalue weighted by Gasteiger charge is -2.44. The summed E-state index contributed by atoms with van der Waals surface area (Å²) in [6, 6.07) is 31.3. The van der Waals surface area contributed by atoms with Crippen molar-refractivity contribution < 1.29 is 13.2 Å². The van der Waals surface area contributed by atoms with Crippen molar-refractivity contribution in [2.24, 2.45) is 5.92 Å². The zero-order valence-electron chi connectivity index (χ0n) is 22.1. The van der Waals surface area contributed by atoms with Crippen molar-refractivity contribution in [1.82, 2.24) is 4.31 Å². The number of halogens is 1. The van der Waals surface area contributed by atoms with E-state index in [9.17, 15) is 13.2 Å². The topological polar surface area (TPSA) is 54.5 Å². The van der Waals surface area contributed by atoms with Crippen LogP contribution >= 0.6 is 10.7 Å². The van der Waals surface area contributed by atoms with Gasteiger partial charge >= 0.3 is 9.24 Å². The molecule has 196 valence electrons. The number of carbonyl (C=O) groups excluding carboxylic acids is 1. The van der Waals surface area contributed by atoms with E-state index in [2.05, 4.69) is 86.9 Å². The minimum Gasteiger partial charge on any atom is -0.273 e. The lowest BCUT2D eigenvalue weighted by atomic mass is 10.0. The molecule has 0 bridgehead atoms. The maximum absolute atomic E-state index is 13.6. The monoisotopic (exact) mass is 569 g/mol. The van der Waals surface area contributed by atoms with E-state index in [0.29, 0.717) is 6.04 Å². The second kappa shape index (κ2) is 10.5. The van der Waals surface area contributed by atoms with E-state index in [1.165, 1.54) is 16.3 Å². The molecule has 0 aliphatic carbocycles. The molecule has 0 N–H and O–H groups in total. The Bertz CT molecular complexity index is 1300. The number of rotatable bonds is 8. The molecule has 1 aliphatic rings. The molecule has 1 amide bonds. The van der Waals surface area contributed by atoms with Gasteiger partial charge in [-0.3, -0.25) is 4.79 Å². The average Bonchev–Trinajstić information content (AvgIpc) is 3.10. The molecule has 0 radical (unpaired) electrons. The van der Waals surface area contributed by atoms with Crippen LogP contribution in [0.1, 0.15) is 23.6 Å². The molecule has 1 fully saturated rings. The fraction of sp³-hybridized carbons (Fsp3) is 0.345. The van der Waals surface area contributed by atoms with E-state index in [4.69, 9.17) is 10.7 Å². The van der Waals surface area contributed by atoms with Crippen LogP contribution in [0.2, 0.25) is 37.8 Å². The standard InChI is InChI=1S/C29H36ClNO3SSi2/c1-22-27(37(4,5)28(23-15-9-6-10-16-23)24-17-11-7-12-18-24)26(31(29(22)32)35(30,33)34)21-36(2,3)25-19-13-8-14-20-25/h6-20,22,26-28H,21H2,1-5H3/t22-,26+,27-/m1/s1. The van der Waals surface area contributed by atoms with Gasteiger partial charge in [0, 0.05) is 28.2 Å². The zero-order valence-corrected chi connectivity index (χ0v) is 25.7. The Kier molecular flexibility index (Phi) is 7.91. The van der Waals surface area contributed by atoms with Gasteiger partial charge in [-0.05, 0) is 22.7 Å². The van der Waals surface area contributed by atoms with Crippen molar-refractivity contribution in [3.63, 3.8) is 0 Å². The molecule has 1 saturated heterocycles. The first-order valence-electron chi connectivity index (χ1n) is 12.8. The third-order valence-corrected chi connectivity index (χ3v) is 17.7. The number of benzene rings is 3. The molecule has 0 spiro atoms. The lowest BCUT2D eigenvalue weighted by Crippen LogP contribution is -2.53. The molecule has 37 heavy (non-hydrogen) atoms. The Morgan fingerprint density at radius 2 is 1.24 bits per heavy atom. The van der Waals surface area contributed by atoms with Gasteiger partial charge in [0.05, 0.1) is 16.1 Å². The number of carbonyl (C=O) groups is 1. The van der Waals surface area contributed by atoms with E-state index in [1.54, 1.807) is 0 Å². The Morgan fingerprint density at radius 3 is 1.68 bits per heavy atom. The van der Waals surface area contributed by atoms with Crippen LogP contribution in [0.4, 0.5) is 0 Å². The number of nitrogens with zero attached hydrogens (tertiary/aromatic N) is 1. The van der Waals surface area contributed by atoms with Gasteiger partial charge < -0.3 is 0 Å². The number of amides is 1. The highest BCUT2D eigenvalue weighted by molar-refractivity contribution is 8.12. The fourth-order valence-corrected chi connectivity index (χ4v) is 16.6. The molecule has 1 heterocycles. The van der Waals surface area contributed by atoms with Crippen molar-refractivity contribution >= 4 is 47.2 Å². The van der Waals surface area contributed by atoms with Crippen molar-refractivity contribution in [3.05, 3.63) is 102 Å². The molecule has 0 aromatic heterocycles. The third-order valence-electron chi connectivity index (χ3n) is 8.24. The second-order valence-corrected chi connectivity index (χ2v) is 23.5. The molecule has 3 atom stereocenters. The first-order chi connectivity index (χ1) is 17.4. The van der Waals surface area contributed by atoms with E-state index < -0.39 is 37.3 Å². The van der Waals surface area contributed by atoms with Crippen LogP contribution in [-0.2, 0) is 14.0 Å². The Balaban J connectivity index is 1.87. The summed E-state index contributed by atoms with van der Waals surface area (Å²) < 4.78 is 26.9. The van der Waals surface area contributed by atoms with Gasteiger partial charge in [0.2, 0.25) is 5.91 Å². The quantitative estimate of drug-likeness (QED) is 0.233. The van der Waals surface area contributed by atoms with Crippen LogP contribution in [-0.4, -0.2) is 40.8 Å². The van der Waals surface area contributed by atoms with Crippen LogP contribution in [0.5, 0.6) is 0 Å². The summed E-state index contributed by atoms with van der Waals surface area (Å²) in [6.45, 7) is 11.1. The van der Waals surface area contributed by atoms with Crippen LogP contribution in [0, 0.1) is 5.92 Å². The van der Waals surface area contributed by atoms with Crippen molar-refractivity contribution in [1.29, 1.82) is 0 Å². The Labute approximate surface area is 228 Å². The Hall–Kier alpha value is -2.20. The second-order valence-electron chi connectivity index (χ2n) is 11.5. The largest absolute Gasteiger partial charge is 0.324 e. The summed E-state index contributed by atoms with van der Waals surface area (Å²) >= 11 is 0. The SMILES string of the molecule is C[C@H]1C(=O)N(S(=O)(=O)Cl)[C@@H](C[Si](C)(C)c2ccccc2)[C@@H]1[Si](C)(C)C(c1ccccc1)c1ccccc1. The zero-order chi connectivity index (χ0) is 27.0. The van der Waals surface area contributed by atoms with E-state index in [0.717, 1.165) is 4.31 Å². The van der Waals surface area contributed by atoms with E-state index in [-0.39, 0.29) is 17.0 Å². The molecule has 0 unspecified atom stereocenters. The van der Waals surface area contributed by atoms with Crippen molar-refractivity contribution in [3.8, 4) is 0 Å². The summed E-state index contributed by atoms with van der Waals surface area (Å²) in [5.74, 6) is -0.806. The molecule has 3 aromatic rings. The predicted octanol–water partition coefficient (Wildman–Crippen LogP) is 6.38. The molecular formula is C29H36ClNO3SSi2. The van der Waals surface area contributed by atoms with Crippen molar-refractivity contribution in [2.75, 3.05) is 0 Å². The minimum absolute atomic E-state index is 0.0946. The van der Waals surface area contributed by atoms with E-state index >= 15 is 0 Å². The molecular weight excluding hydrogens is 534 g/mol. The maximum Gasteiger partial charge on any atom is 0.324 e. The van der Waals surface area contributed by atoms with Gasteiger partial charge in [-0.1, -0.05) is 129 Å². The summed E-state index contributed by atoms with van der Waals surface area (Å²) in [5, 5.41) is 1.25. The first-order valence-corrected chi connectivity index (χ1v) is 21.4. The summed E-state index contributed by atoms with van der Waals surface area (Å²) in [6.07, 6.45) is 0. The van der Waals surface area contributed by atoms with Gasteiger partial charge in [0.15, 0.2) is 0 Å². The molecule has 4 rings (SSSR count). The smallest absolute Gasteiger partial charge is 0.273 e. The highest BCUT2D eigenvalue weighted by Crippen LogP contribution is 2.52. The minimum atomic E-state index is -4.24. The summed E-state index contributed by atoms with van der Waals surface area (Å²) in [4.78, 5) is 13.6. The van der Waals surface area contributed by atoms with E-state index in [1.807, 2.05) is 37.3 Å². The van der Waals surface area contributed by atoms with Gasteiger partial charge in [-0.25, -0.2) is 4.31 Å². The van der Waals surface area contributed by atoms with Crippen LogP contribution < -0.4 is 5.19 Å². The van der Waals surface area contributed by atoms with Crippen LogP contribution in [0.15, 0.2) is 91.0 Å². The fourth-order valence-electron chi connectivity index (χ4n) is 6.68. The molecule has 0 saturated carbocycles. The molecule has 4 nitrogen and oxygen atoms in total. The highest BCUT2D eigenvalue weighted by Gasteiger charge is 2.59. The molecule has 1 aliphatic heterocycles. The average molecular weight is 570 g/mol. The first kappa shape index (κ1) is 27.8. The predicted molar refractivity (Wildman–Crippen MR) is 159 cm³/mol. The summed E-state index contributed by atoms with van der Waals surface area (Å²) in [7, 11) is -2.80. The maximum atomic E-state index is 13.6. The highest BCUT2D eigenvalue weighted by atomic mass is 35.7. The van der Waals surface area contributed by atoms with Gasteiger partial charge in [0.1, 0.15) is 0 Å². The third kappa shape index (κ3) is 5.51. The molecule has 3 aromatic carbocycles. The van der Waals surface area contributed by atoms with Gasteiger partial charge in [-0.2, -0.15) is 8.42 Å². The van der Waals surface area contributed by atoms with Crippen LogP contribution in [0.25, 0.3) is 0 Å². The summed E-state index contributed by atoms with van der Waals surface area (Å²) in [5.41, 5.74) is 2.40. The van der Waals surface area contributed by atoms with Crippen molar-refractivity contribution in [2.45, 2.75) is 56.3 Å². The Morgan fingerprint density at radius 1 is 0.811 bits per heavy atom. The number of hydrogen-bond donors (Lipinski definition) is 0. The van der Waals surface area contributed by atoms with Gasteiger partial charge in [-0.15, -0.1) is 0 Å². The van der Waals surface area contributed by atoms with Gasteiger partial charge in [0.25, 0.3) is 0 Å². The number of hydrogen-bond acceptors (Lipinski definition) is 3. The van der Waals surface area contributed by atoms with Crippen LogP contribution in [0.3, 0.4) is 0 Å². The molecule has 8 heteroatoms. The lowest BCUT2D eigenvalue weighted by molar-refractivity contribution is -0.126. The normalized spacial score (nSPS) is 21.0.